The molecule has 0 amide bonds. The van der Waals surface area contributed by atoms with E-state index in [1.807, 2.05) is 0 Å². The molecule has 0 radical (unpaired) electrons. The van der Waals surface area contributed by atoms with Crippen LogP contribution in [-0.2, 0) is 4.79 Å². The number of rotatable bonds is 5. The fourth-order valence-corrected chi connectivity index (χ4v) is 1.64. The third-order valence-corrected chi connectivity index (χ3v) is 2.53. The minimum absolute atomic E-state index is 0.260. The summed E-state index contributed by atoms with van der Waals surface area (Å²) in [5.41, 5.74) is 0. The predicted molar refractivity (Wildman–Crippen MR) is 50.8 cm³/mol. The normalized spacial score (nSPS) is 26.6. The Bertz CT molecular complexity index is 186. The minimum atomic E-state index is -0.756. The molecule has 0 aromatic rings. The van der Waals surface area contributed by atoms with Crippen LogP contribution < -0.4 is 5.32 Å². The standard InChI is InChI=1S/C8H16BNO3/c1-9(13)4-2-3-6-5-10-7(6)8(11)12/h6-7,10,13H,2-5H2,1H3,(H,11,12). The van der Waals surface area contributed by atoms with Gasteiger partial charge in [0.05, 0.1) is 0 Å². The van der Waals surface area contributed by atoms with Crippen molar-refractivity contribution in [2.75, 3.05) is 6.54 Å². The summed E-state index contributed by atoms with van der Waals surface area (Å²) < 4.78 is 0. The topological polar surface area (TPSA) is 69.6 Å². The van der Waals surface area contributed by atoms with E-state index in [1.165, 1.54) is 0 Å². The van der Waals surface area contributed by atoms with Crippen LogP contribution in [0.15, 0.2) is 0 Å². The fourth-order valence-electron chi connectivity index (χ4n) is 1.64. The Morgan fingerprint density at radius 3 is 2.77 bits per heavy atom. The fraction of sp³-hybridized carbons (Fsp3) is 0.875. The lowest BCUT2D eigenvalue weighted by atomic mass is 9.66. The van der Waals surface area contributed by atoms with Gasteiger partial charge in [0.2, 0.25) is 0 Å². The summed E-state index contributed by atoms with van der Waals surface area (Å²) in [6, 6.07) is -0.353. The van der Waals surface area contributed by atoms with Crippen LogP contribution in [0.2, 0.25) is 13.1 Å². The van der Waals surface area contributed by atoms with Gasteiger partial charge in [0.25, 0.3) is 6.92 Å². The van der Waals surface area contributed by atoms with Crippen LogP contribution >= 0.6 is 0 Å². The van der Waals surface area contributed by atoms with Crippen molar-refractivity contribution < 1.29 is 14.9 Å². The van der Waals surface area contributed by atoms with Gasteiger partial charge < -0.3 is 15.4 Å². The Hall–Kier alpha value is -0.545. The number of nitrogens with one attached hydrogen (secondary N) is 1. The summed E-state index contributed by atoms with van der Waals surface area (Å²) in [7, 11) is 0. The van der Waals surface area contributed by atoms with E-state index in [1.54, 1.807) is 6.82 Å². The molecule has 13 heavy (non-hydrogen) atoms. The highest BCUT2D eigenvalue weighted by Crippen LogP contribution is 2.20. The molecular weight excluding hydrogens is 169 g/mol. The third kappa shape index (κ3) is 3.01. The second kappa shape index (κ2) is 4.62. The summed E-state index contributed by atoms with van der Waals surface area (Å²) >= 11 is 0. The zero-order valence-electron chi connectivity index (χ0n) is 7.86. The van der Waals surface area contributed by atoms with E-state index < -0.39 is 5.97 Å². The van der Waals surface area contributed by atoms with Crippen molar-refractivity contribution in [2.45, 2.75) is 32.0 Å². The van der Waals surface area contributed by atoms with E-state index in [0.717, 1.165) is 25.7 Å². The second-order valence-electron chi connectivity index (χ2n) is 3.76. The quantitative estimate of drug-likeness (QED) is 0.529. The summed E-state index contributed by atoms with van der Waals surface area (Å²) in [6.07, 6.45) is 2.57. The van der Waals surface area contributed by atoms with E-state index in [0.29, 0.717) is 0 Å². The number of carboxylic acid groups (broad SMARTS) is 1. The lowest BCUT2D eigenvalue weighted by molar-refractivity contribution is -0.143. The molecule has 1 rings (SSSR count). The van der Waals surface area contributed by atoms with Crippen LogP contribution in [0.4, 0.5) is 0 Å². The molecule has 0 spiro atoms. The zero-order valence-corrected chi connectivity index (χ0v) is 7.86. The maximum Gasteiger partial charge on any atom is 0.321 e. The molecule has 0 aliphatic carbocycles. The Morgan fingerprint density at radius 1 is 1.69 bits per heavy atom. The van der Waals surface area contributed by atoms with Crippen LogP contribution in [0.1, 0.15) is 12.8 Å². The molecule has 1 aliphatic rings. The summed E-state index contributed by atoms with van der Waals surface area (Å²) in [4.78, 5) is 10.6. The molecule has 5 heteroatoms. The minimum Gasteiger partial charge on any atom is -0.480 e. The van der Waals surface area contributed by atoms with Crippen LogP contribution in [0, 0.1) is 5.92 Å². The Kier molecular flexibility index (Phi) is 3.75. The molecule has 1 aliphatic heterocycles. The lowest BCUT2D eigenvalue weighted by Crippen LogP contribution is -2.57. The van der Waals surface area contributed by atoms with Crippen molar-refractivity contribution >= 4 is 12.9 Å². The highest BCUT2D eigenvalue weighted by molar-refractivity contribution is 6.48. The van der Waals surface area contributed by atoms with Crippen molar-refractivity contribution in [2.24, 2.45) is 5.92 Å². The average molecular weight is 185 g/mol. The van der Waals surface area contributed by atoms with Gasteiger partial charge in [-0.05, 0) is 18.7 Å². The van der Waals surface area contributed by atoms with Crippen LogP contribution in [0.3, 0.4) is 0 Å². The second-order valence-corrected chi connectivity index (χ2v) is 3.76. The molecule has 1 fully saturated rings. The first kappa shape index (κ1) is 10.5. The molecule has 1 heterocycles. The number of carbonyl (C=O) groups is 1. The number of hydrogen-bond acceptors (Lipinski definition) is 3. The van der Waals surface area contributed by atoms with Gasteiger partial charge in [-0.25, -0.2) is 0 Å². The van der Waals surface area contributed by atoms with Crippen LogP contribution in [0.25, 0.3) is 0 Å². The Morgan fingerprint density at radius 2 is 2.38 bits per heavy atom. The molecule has 0 bridgehead atoms. The van der Waals surface area contributed by atoms with Gasteiger partial charge in [0.1, 0.15) is 6.04 Å². The third-order valence-electron chi connectivity index (χ3n) is 2.53. The van der Waals surface area contributed by atoms with Gasteiger partial charge in [-0.15, -0.1) is 0 Å². The van der Waals surface area contributed by atoms with Crippen molar-refractivity contribution in [1.29, 1.82) is 0 Å². The van der Waals surface area contributed by atoms with E-state index in [9.17, 15) is 4.79 Å². The molecule has 3 N–H and O–H groups in total. The van der Waals surface area contributed by atoms with Gasteiger partial charge in [0, 0.05) is 6.54 Å². The Balaban J connectivity index is 2.12. The van der Waals surface area contributed by atoms with Gasteiger partial charge in [-0.3, -0.25) is 4.79 Å². The monoisotopic (exact) mass is 185 g/mol. The first-order chi connectivity index (χ1) is 6.11. The first-order valence-corrected chi connectivity index (χ1v) is 4.75. The highest BCUT2D eigenvalue weighted by Gasteiger charge is 2.35. The van der Waals surface area contributed by atoms with Gasteiger partial charge in [-0.1, -0.05) is 13.2 Å². The molecule has 4 nitrogen and oxygen atoms in total. The number of carboxylic acids is 1. The number of aliphatic carboxylic acids is 1. The molecule has 1 saturated heterocycles. The molecule has 74 valence electrons. The smallest absolute Gasteiger partial charge is 0.321 e. The van der Waals surface area contributed by atoms with Gasteiger partial charge >= 0.3 is 5.97 Å². The molecular formula is C8H16BNO3. The molecule has 2 atom stereocenters. The van der Waals surface area contributed by atoms with Gasteiger partial charge in [-0.2, -0.15) is 0 Å². The molecule has 0 aromatic carbocycles. The first-order valence-electron chi connectivity index (χ1n) is 4.75. The van der Waals surface area contributed by atoms with Crippen molar-refractivity contribution in [3.63, 3.8) is 0 Å². The SMILES string of the molecule is CB(O)CCCC1CNC1C(=O)O. The lowest BCUT2D eigenvalue weighted by Gasteiger charge is -2.34. The van der Waals surface area contributed by atoms with Crippen LogP contribution in [-0.4, -0.2) is 35.6 Å². The maximum atomic E-state index is 10.6. The van der Waals surface area contributed by atoms with Crippen molar-refractivity contribution in [3.05, 3.63) is 0 Å². The summed E-state index contributed by atoms with van der Waals surface area (Å²) in [5.74, 6) is -0.496. The molecule has 2 unspecified atom stereocenters. The van der Waals surface area contributed by atoms with E-state index in [4.69, 9.17) is 10.1 Å². The molecule has 0 saturated carbocycles. The summed E-state index contributed by atoms with van der Waals surface area (Å²) in [6.45, 7) is 2.29. The maximum absolute atomic E-state index is 10.6. The van der Waals surface area contributed by atoms with E-state index >= 15 is 0 Å². The molecule has 0 aromatic heterocycles. The van der Waals surface area contributed by atoms with Gasteiger partial charge in [0.15, 0.2) is 0 Å². The predicted octanol–water partition coefficient (Wildman–Crippen LogP) is 0.0528. The van der Waals surface area contributed by atoms with Crippen LogP contribution in [0.5, 0.6) is 0 Å². The Labute approximate surface area is 78.4 Å². The number of hydrogen-bond donors (Lipinski definition) is 3. The highest BCUT2D eigenvalue weighted by atomic mass is 16.4. The zero-order chi connectivity index (χ0) is 9.84. The van der Waals surface area contributed by atoms with Crippen molar-refractivity contribution in [3.8, 4) is 0 Å². The summed E-state index contributed by atoms with van der Waals surface area (Å²) in [5, 5.41) is 20.6. The van der Waals surface area contributed by atoms with Crippen molar-refractivity contribution in [1.82, 2.24) is 5.32 Å². The average Bonchev–Trinajstić information content (AvgIpc) is 1.93. The largest absolute Gasteiger partial charge is 0.480 e. The van der Waals surface area contributed by atoms with E-state index in [-0.39, 0.29) is 18.9 Å². The van der Waals surface area contributed by atoms with E-state index in [2.05, 4.69) is 5.32 Å².